The van der Waals surface area contributed by atoms with Gasteiger partial charge in [-0.15, -0.1) is 0 Å². The van der Waals surface area contributed by atoms with Crippen LogP contribution in [0.5, 0.6) is 0 Å². The van der Waals surface area contributed by atoms with Crippen LogP contribution >= 0.6 is 0 Å². The second-order valence-corrected chi connectivity index (χ2v) is 4.16. The molecule has 1 aromatic heterocycles. The molecule has 1 heterocycles. The van der Waals surface area contributed by atoms with Gasteiger partial charge in [-0.2, -0.15) is 0 Å². The average molecular weight is 194 g/mol. The molecular weight excluding hydrogens is 172 g/mol. The van der Waals surface area contributed by atoms with Gasteiger partial charge in [-0.05, 0) is 45.4 Å². The highest BCUT2D eigenvalue weighted by molar-refractivity contribution is 5.15. The van der Waals surface area contributed by atoms with Gasteiger partial charge >= 0.3 is 0 Å². The third-order valence-corrected chi connectivity index (χ3v) is 2.53. The van der Waals surface area contributed by atoms with Crippen molar-refractivity contribution in [1.29, 1.82) is 0 Å². The Morgan fingerprint density at radius 1 is 1.36 bits per heavy atom. The molecule has 0 unspecified atom stereocenters. The third-order valence-electron chi connectivity index (χ3n) is 2.53. The summed E-state index contributed by atoms with van der Waals surface area (Å²) in [5, 5.41) is 3.49. The van der Waals surface area contributed by atoms with Gasteiger partial charge in [-0.3, -0.25) is 0 Å². The summed E-state index contributed by atoms with van der Waals surface area (Å²) in [4.78, 5) is 0. The van der Waals surface area contributed by atoms with Crippen LogP contribution in [0.25, 0.3) is 0 Å². The van der Waals surface area contributed by atoms with E-state index in [1.807, 2.05) is 0 Å². The van der Waals surface area contributed by atoms with Crippen LogP contribution in [0.4, 0.5) is 0 Å². The molecule has 0 radical (unpaired) electrons. The summed E-state index contributed by atoms with van der Waals surface area (Å²) >= 11 is 0. The maximum Gasteiger partial charge on any atom is 0.0306 e. The summed E-state index contributed by atoms with van der Waals surface area (Å²) in [5.41, 5.74) is 1.38. The summed E-state index contributed by atoms with van der Waals surface area (Å²) < 4.78 is 2.25. The molecule has 0 aliphatic heterocycles. The molecule has 2 nitrogen and oxygen atoms in total. The number of hydrogen-bond donors (Lipinski definition) is 1. The Morgan fingerprint density at radius 2 is 2.07 bits per heavy atom. The van der Waals surface area contributed by atoms with E-state index in [9.17, 15) is 0 Å². The Balaban J connectivity index is 2.57. The van der Waals surface area contributed by atoms with Gasteiger partial charge in [0.05, 0.1) is 0 Å². The predicted molar refractivity (Wildman–Crippen MR) is 61.5 cm³/mol. The van der Waals surface area contributed by atoms with E-state index in [1.54, 1.807) is 0 Å². The van der Waals surface area contributed by atoms with Gasteiger partial charge in [0.1, 0.15) is 0 Å². The van der Waals surface area contributed by atoms with Crippen molar-refractivity contribution in [2.75, 3.05) is 6.54 Å². The van der Waals surface area contributed by atoms with Gasteiger partial charge in [-0.1, -0.05) is 6.92 Å². The summed E-state index contributed by atoms with van der Waals surface area (Å²) in [5.74, 6) is 0. The van der Waals surface area contributed by atoms with Gasteiger partial charge in [0, 0.05) is 24.5 Å². The lowest BCUT2D eigenvalue weighted by molar-refractivity contribution is 0.562. The summed E-state index contributed by atoms with van der Waals surface area (Å²) in [7, 11) is 0. The van der Waals surface area contributed by atoms with Crippen molar-refractivity contribution in [3.8, 4) is 0 Å². The lowest BCUT2D eigenvalue weighted by Gasteiger charge is -2.11. The second-order valence-electron chi connectivity index (χ2n) is 4.16. The minimum atomic E-state index is 0.468. The van der Waals surface area contributed by atoms with Crippen LogP contribution in [-0.4, -0.2) is 11.1 Å². The van der Waals surface area contributed by atoms with Gasteiger partial charge < -0.3 is 9.88 Å². The van der Waals surface area contributed by atoms with E-state index >= 15 is 0 Å². The molecule has 1 aromatic rings. The van der Waals surface area contributed by atoms with Crippen molar-refractivity contribution in [2.24, 2.45) is 0 Å². The zero-order valence-corrected chi connectivity index (χ0v) is 9.75. The zero-order valence-electron chi connectivity index (χ0n) is 9.75. The van der Waals surface area contributed by atoms with Gasteiger partial charge in [0.25, 0.3) is 0 Å². The first kappa shape index (κ1) is 11.3. The average Bonchev–Trinajstić information content (AvgIpc) is 2.62. The SMILES string of the molecule is CCCN[C@@H](C)c1ccn(C(C)C)c1. The molecule has 14 heavy (non-hydrogen) atoms. The standard InChI is InChI=1S/C12H22N2/c1-5-7-13-11(4)12-6-8-14(9-12)10(2)3/h6,8-11,13H,5,7H2,1-4H3/t11-/m0/s1. The maximum atomic E-state index is 3.49. The number of nitrogens with one attached hydrogen (secondary N) is 1. The summed E-state index contributed by atoms with van der Waals surface area (Å²) in [6.45, 7) is 9.91. The van der Waals surface area contributed by atoms with Crippen LogP contribution in [0.1, 0.15) is 51.8 Å². The van der Waals surface area contributed by atoms with Crippen LogP contribution in [-0.2, 0) is 0 Å². The highest BCUT2D eigenvalue weighted by Gasteiger charge is 2.06. The van der Waals surface area contributed by atoms with Crippen molar-refractivity contribution in [3.05, 3.63) is 24.0 Å². The molecule has 1 rings (SSSR count). The fourth-order valence-electron chi connectivity index (χ4n) is 1.49. The first-order chi connectivity index (χ1) is 6.65. The van der Waals surface area contributed by atoms with Crippen LogP contribution in [0.3, 0.4) is 0 Å². The van der Waals surface area contributed by atoms with Gasteiger partial charge in [0.2, 0.25) is 0 Å². The van der Waals surface area contributed by atoms with Crippen molar-refractivity contribution < 1.29 is 0 Å². The minimum Gasteiger partial charge on any atom is -0.351 e. The Kier molecular flexibility index (Phi) is 4.21. The Hall–Kier alpha value is -0.760. The first-order valence-electron chi connectivity index (χ1n) is 5.56. The summed E-state index contributed by atoms with van der Waals surface area (Å²) in [6, 6.07) is 3.23. The van der Waals surface area contributed by atoms with E-state index in [0.717, 1.165) is 6.54 Å². The number of nitrogens with zero attached hydrogens (tertiary/aromatic N) is 1. The smallest absolute Gasteiger partial charge is 0.0306 e. The molecule has 0 bridgehead atoms. The molecule has 0 saturated carbocycles. The number of hydrogen-bond acceptors (Lipinski definition) is 1. The molecule has 0 saturated heterocycles. The molecule has 80 valence electrons. The molecule has 0 aromatic carbocycles. The highest BCUT2D eigenvalue weighted by Crippen LogP contribution is 2.15. The van der Waals surface area contributed by atoms with E-state index < -0.39 is 0 Å². The largest absolute Gasteiger partial charge is 0.351 e. The van der Waals surface area contributed by atoms with E-state index in [4.69, 9.17) is 0 Å². The molecule has 0 fully saturated rings. The van der Waals surface area contributed by atoms with Crippen molar-refractivity contribution >= 4 is 0 Å². The first-order valence-corrected chi connectivity index (χ1v) is 5.56. The normalized spacial score (nSPS) is 13.5. The minimum absolute atomic E-state index is 0.468. The van der Waals surface area contributed by atoms with E-state index in [1.165, 1.54) is 12.0 Å². The molecule has 0 aliphatic carbocycles. The lowest BCUT2D eigenvalue weighted by atomic mass is 10.2. The van der Waals surface area contributed by atoms with Crippen LogP contribution in [0.2, 0.25) is 0 Å². The Labute approximate surface area is 87.3 Å². The molecule has 0 aliphatic rings. The lowest BCUT2D eigenvalue weighted by Crippen LogP contribution is -2.18. The van der Waals surface area contributed by atoms with E-state index in [2.05, 4.69) is 56.0 Å². The van der Waals surface area contributed by atoms with Crippen molar-refractivity contribution in [3.63, 3.8) is 0 Å². The van der Waals surface area contributed by atoms with Gasteiger partial charge in [0.15, 0.2) is 0 Å². The molecule has 1 N–H and O–H groups in total. The molecule has 0 spiro atoms. The molecular formula is C12H22N2. The Bertz CT molecular complexity index is 263. The molecule has 1 atom stereocenters. The highest BCUT2D eigenvalue weighted by atomic mass is 15.0. The second kappa shape index (κ2) is 5.20. The number of aromatic nitrogens is 1. The predicted octanol–water partition coefficient (Wildman–Crippen LogP) is 3.13. The van der Waals surface area contributed by atoms with Crippen LogP contribution < -0.4 is 5.32 Å². The third kappa shape index (κ3) is 2.88. The van der Waals surface area contributed by atoms with Crippen molar-refractivity contribution in [1.82, 2.24) is 9.88 Å². The van der Waals surface area contributed by atoms with E-state index in [0.29, 0.717) is 12.1 Å². The van der Waals surface area contributed by atoms with Crippen LogP contribution in [0, 0.1) is 0 Å². The monoisotopic (exact) mass is 194 g/mol. The maximum absolute atomic E-state index is 3.49. The summed E-state index contributed by atoms with van der Waals surface area (Å²) in [6.07, 6.45) is 5.58. The fourth-order valence-corrected chi connectivity index (χ4v) is 1.49. The number of rotatable bonds is 5. The van der Waals surface area contributed by atoms with Crippen LogP contribution in [0.15, 0.2) is 18.5 Å². The quantitative estimate of drug-likeness (QED) is 0.762. The van der Waals surface area contributed by atoms with Crippen molar-refractivity contribution in [2.45, 2.75) is 46.2 Å². The van der Waals surface area contributed by atoms with E-state index in [-0.39, 0.29) is 0 Å². The van der Waals surface area contributed by atoms with Gasteiger partial charge in [-0.25, -0.2) is 0 Å². The molecule has 0 amide bonds. The topological polar surface area (TPSA) is 17.0 Å². The molecule has 2 heteroatoms. The zero-order chi connectivity index (χ0) is 10.6. The fraction of sp³-hybridized carbons (Fsp3) is 0.667. The Morgan fingerprint density at radius 3 is 2.57 bits per heavy atom.